The van der Waals surface area contributed by atoms with E-state index in [0.717, 1.165) is 31.8 Å². The van der Waals surface area contributed by atoms with Gasteiger partial charge in [0.15, 0.2) is 0 Å². The van der Waals surface area contributed by atoms with Crippen LogP contribution in [0.25, 0.3) is 0 Å². The van der Waals surface area contributed by atoms with Gasteiger partial charge in [-0.25, -0.2) is 9.97 Å². The third-order valence-corrected chi connectivity index (χ3v) is 2.90. The van der Waals surface area contributed by atoms with Crippen LogP contribution in [0.3, 0.4) is 0 Å². The van der Waals surface area contributed by atoms with Crippen LogP contribution in [-0.4, -0.2) is 21.4 Å². The first kappa shape index (κ1) is 9.54. The number of rotatable bonds is 2. The molecule has 2 aromatic heterocycles. The predicted octanol–water partition coefficient (Wildman–Crippen LogP) is 1.63. The second kappa shape index (κ2) is 4.06. The summed E-state index contributed by atoms with van der Waals surface area (Å²) in [7, 11) is 0. The lowest BCUT2D eigenvalue weighted by atomic mass is 10.1. The molecule has 0 radical (unpaired) electrons. The fourth-order valence-corrected chi connectivity index (χ4v) is 2.08. The molecule has 4 heteroatoms. The van der Waals surface area contributed by atoms with Crippen LogP contribution in [-0.2, 0) is 19.5 Å². The zero-order chi connectivity index (χ0) is 10.8. The highest BCUT2D eigenvalue weighted by atomic mass is 16.3. The summed E-state index contributed by atoms with van der Waals surface area (Å²) in [6.07, 6.45) is 6.26. The van der Waals surface area contributed by atoms with Crippen LogP contribution >= 0.6 is 0 Å². The van der Waals surface area contributed by atoms with Crippen LogP contribution < -0.4 is 0 Å². The molecule has 1 aliphatic heterocycles. The van der Waals surface area contributed by atoms with Gasteiger partial charge in [-0.05, 0) is 12.1 Å². The molecule has 3 heterocycles. The normalized spacial score (nSPS) is 16.0. The molecule has 0 saturated heterocycles. The molecule has 0 aliphatic carbocycles. The highest BCUT2D eigenvalue weighted by molar-refractivity contribution is 5.18. The van der Waals surface area contributed by atoms with Crippen molar-refractivity contribution in [3.63, 3.8) is 0 Å². The number of hydrogen-bond acceptors (Lipinski definition) is 4. The van der Waals surface area contributed by atoms with Gasteiger partial charge in [0, 0.05) is 37.0 Å². The molecule has 1 aliphatic rings. The van der Waals surface area contributed by atoms with Crippen molar-refractivity contribution in [2.45, 2.75) is 19.5 Å². The first-order valence-corrected chi connectivity index (χ1v) is 5.44. The molecule has 0 bridgehead atoms. The van der Waals surface area contributed by atoms with E-state index in [1.165, 1.54) is 11.3 Å². The second-order valence-electron chi connectivity index (χ2n) is 4.03. The van der Waals surface area contributed by atoms with Crippen LogP contribution in [0.4, 0.5) is 0 Å². The summed E-state index contributed by atoms with van der Waals surface area (Å²) in [6.45, 7) is 2.81. The SMILES string of the molecule is c1coc(CN2CCc3ncncc3C2)c1. The highest BCUT2D eigenvalue weighted by Crippen LogP contribution is 2.17. The smallest absolute Gasteiger partial charge is 0.117 e. The molecule has 0 fully saturated rings. The number of hydrogen-bond donors (Lipinski definition) is 0. The van der Waals surface area contributed by atoms with E-state index in [9.17, 15) is 0 Å². The maximum atomic E-state index is 5.35. The molecule has 3 rings (SSSR count). The Morgan fingerprint density at radius 3 is 3.31 bits per heavy atom. The molecule has 0 aromatic carbocycles. The summed E-state index contributed by atoms with van der Waals surface area (Å²) >= 11 is 0. The van der Waals surface area contributed by atoms with Crippen molar-refractivity contribution in [3.05, 3.63) is 47.9 Å². The molecule has 4 nitrogen and oxygen atoms in total. The Labute approximate surface area is 93.9 Å². The van der Waals surface area contributed by atoms with Gasteiger partial charge in [0.05, 0.1) is 12.8 Å². The Bertz CT molecular complexity index is 467. The summed E-state index contributed by atoms with van der Waals surface area (Å²) in [4.78, 5) is 10.7. The highest BCUT2D eigenvalue weighted by Gasteiger charge is 2.17. The molecule has 2 aromatic rings. The monoisotopic (exact) mass is 215 g/mol. The molecular weight excluding hydrogens is 202 g/mol. The standard InChI is InChI=1S/C12H13N3O/c1-2-11(16-5-1)8-15-4-3-12-10(7-15)6-13-9-14-12/h1-2,5-6,9H,3-4,7-8H2. The van der Waals surface area contributed by atoms with Gasteiger partial charge in [0.2, 0.25) is 0 Å². The Morgan fingerprint density at radius 2 is 2.44 bits per heavy atom. The van der Waals surface area contributed by atoms with Gasteiger partial charge >= 0.3 is 0 Å². The van der Waals surface area contributed by atoms with E-state index >= 15 is 0 Å². The van der Waals surface area contributed by atoms with Crippen molar-refractivity contribution < 1.29 is 4.42 Å². The second-order valence-corrected chi connectivity index (χ2v) is 4.03. The zero-order valence-corrected chi connectivity index (χ0v) is 8.97. The summed E-state index contributed by atoms with van der Waals surface area (Å²) in [5.41, 5.74) is 2.42. The Kier molecular flexibility index (Phi) is 2.42. The average Bonchev–Trinajstić information content (AvgIpc) is 2.82. The first-order valence-electron chi connectivity index (χ1n) is 5.44. The Hall–Kier alpha value is -1.68. The van der Waals surface area contributed by atoms with Gasteiger partial charge in [0.1, 0.15) is 12.1 Å². The number of nitrogens with zero attached hydrogens (tertiary/aromatic N) is 3. The zero-order valence-electron chi connectivity index (χ0n) is 8.97. The van der Waals surface area contributed by atoms with E-state index in [1.807, 2.05) is 18.3 Å². The topological polar surface area (TPSA) is 42.2 Å². The first-order chi connectivity index (χ1) is 7.92. The van der Waals surface area contributed by atoms with Crippen molar-refractivity contribution >= 4 is 0 Å². The summed E-state index contributed by atoms with van der Waals surface area (Å²) < 4.78 is 5.35. The number of furan rings is 1. The van der Waals surface area contributed by atoms with Crippen LogP contribution in [0.1, 0.15) is 17.0 Å². The van der Waals surface area contributed by atoms with Gasteiger partial charge in [-0.15, -0.1) is 0 Å². The summed E-state index contributed by atoms with van der Waals surface area (Å²) in [5, 5.41) is 0. The van der Waals surface area contributed by atoms with Gasteiger partial charge in [-0.1, -0.05) is 0 Å². The lowest BCUT2D eigenvalue weighted by Crippen LogP contribution is -2.30. The van der Waals surface area contributed by atoms with Crippen molar-refractivity contribution in [2.75, 3.05) is 6.54 Å². The van der Waals surface area contributed by atoms with Crippen molar-refractivity contribution in [1.29, 1.82) is 0 Å². The van der Waals surface area contributed by atoms with Crippen LogP contribution in [0.2, 0.25) is 0 Å². The molecule has 0 atom stereocenters. The molecule has 0 unspecified atom stereocenters. The molecule has 0 amide bonds. The van der Waals surface area contributed by atoms with Gasteiger partial charge in [-0.2, -0.15) is 0 Å². The quantitative estimate of drug-likeness (QED) is 0.763. The number of aromatic nitrogens is 2. The molecule has 0 saturated carbocycles. The minimum absolute atomic E-state index is 0.862. The van der Waals surface area contributed by atoms with Crippen LogP contribution in [0.15, 0.2) is 35.3 Å². The van der Waals surface area contributed by atoms with E-state index in [2.05, 4.69) is 14.9 Å². The summed E-state index contributed by atoms with van der Waals surface area (Å²) in [5.74, 6) is 1.01. The van der Waals surface area contributed by atoms with Crippen molar-refractivity contribution in [2.24, 2.45) is 0 Å². The third-order valence-electron chi connectivity index (χ3n) is 2.90. The van der Waals surface area contributed by atoms with Crippen molar-refractivity contribution in [1.82, 2.24) is 14.9 Å². The Morgan fingerprint density at radius 1 is 1.44 bits per heavy atom. The van der Waals surface area contributed by atoms with Gasteiger partial charge in [0.25, 0.3) is 0 Å². The molecule has 16 heavy (non-hydrogen) atoms. The van der Waals surface area contributed by atoms with Crippen molar-refractivity contribution in [3.8, 4) is 0 Å². The molecule has 0 spiro atoms. The minimum Gasteiger partial charge on any atom is -0.468 e. The minimum atomic E-state index is 0.862. The van der Waals surface area contributed by atoms with Crippen LogP contribution in [0.5, 0.6) is 0 Å². The van der Waals surface area contributed by atoms with E-state index in [4.69, 9.17) is 4.42 Å². The summed E-state index contributed by atoms with van der Waals surface area (Å²) in [6, 6.07) is 3.94. The molecular formula is C12H13N3O. The maximum absolute atomic E-state index is 5.35. The van der Waals surface area contributed by atoms with E-state index in [1.54, 1.807) is 12.6 Å². The van der Waals surface area contributed by atoms with E-state index < -0.39 is 0 Å². The lowest BCUT2D eigenvalue weighted by Gasteiger charge is -2.26. The predicted molar refractivity (Wildman–Crippen MR) is 58.6 cm³/mol. The largest absolute Gasteiger partial charge is 0.468 e. The lowest BCUT2D eigenvalue weighted by molar-refractivity contribution is 0.223. The number of fused-ring (bicyclic) bond motifs is 1. The maximum Gasteiger partial charge on any atom is 0.117 e. The van der Waals surface area contributed by atoms with E-state index in [0.29, 0.717) is 0 Å². The average molecular weight is 215 g/mol. The fourth-order valence-electron chi connectivity index (χ4n) is 2.08. The molecule has 82 valence electrons. The van der Waals surface area contributed by atoms with Gasteiger partial charge in [-0.3, -0.25) is 4.90 Å². The van der Waals surface area contributed by atoms with E-state index in [-0.39, 0.29) is 0 Å². The van der Waals surface area contributed by atoms with Gasteiger partial charge < -0.3 is 4.42 Å². The fraction of sp³-hybridized carbons (Fsp3) is 0.333. The molecule has 0 N–H and O–H groups in total. The third kappa shape index (κ3) is 1.84. The van der Waals surface area contributed by atoms with Crippen LogP contribution in [0, 0.1) is 0 Å². The Balaban J connectivity index is 1.73.